The Kier molecular flexibility index (Phi) is 2.51. The van der Waals surface area contributed by atoms with Crippen LogP contribution in [0.15, 0.2) is 42.6 Å². The van der Waals surface area contributed by atoms with Crippen LogP contribution in [0.2, 0.25) is 0 Å². The van der Waals surface area contributed by atoms with Crippen LogP contribution in [0.3, 0.4) is 0 Å². The highest BCUT2D eigenvalue weighted by Crippen LogP contribution is 2.21. The first kappa shape index (κ1) is 9.86. The van der Waals surface area contributed by atoms with Gasteiger partial charge in [0.1, 0.15) is 0 Å². The van der Waals surface area contributed by atoms with Crippen molar-refractivity contribution in [3.8, 4) is 0 Å². The van der Waals surface area contributed by atoms with Gasteiger partial charge in [0.25, 0.3) is 0 Å². The van der Waals surface area contributed by atoms with Gasteiger partial charge in [-0.1, -0.05) is 12.1 Å². The quantitative estimate of drug-likeness (QED) is 0.750. The van der Waals surface area contributed by atoms with Gasteiger partial charge in [0.15, 0.2) is 0 Å². The Bertz CT molecular complexity index is 402. The lowest BCUT2D eigenvalue weighted by Crippen LogP contribution is -2.41. The number of nitrogens with zero attached hydrogens (tertiary/aromatic N) is 1. The van der Waals surface area contributed by atoms with E-state index in [1.165, 1.54) is 13.2 Å². The highest BCUT2D eigenvalue weighted by molar-refractivity contribution is 5.64. The van der Waals surface area contributed by atoms with Crippen LogP contribution in [0.4, 0.5) is 4.39 Å². The molecule has 0 saturated carbocycles. The molecule has 1 aliphatic heterocycles. The second-order valence-electron chi connectivity index (χ2n) is 3.13. The number of aromatic nitrogens is 1. The van der Waals surface area contributed by atoms with Crippen molar-refractivity contribution in [2.75, 3.05) is 7.11 Å². The smallest absolute Gasteiger partial charge is 0.308 e. The zero-order valence-electron chi connectivity index (χ0n) is 8.27. The zero-order valence-corrected chi connectivity index (χ0v) is 8.27. The standard InChI is InChI=1S/C11H11FN2O/c1-15-11(12)7-4-6-10(14-11)9-5-2-3-8-13-9/h2-8,14H,1H3. The molecule has 1 atom stereocenters. The van der Waals surface area contributed by atoms with Gasteiger partial charge in [-0.25, -0.2) is 0 Å². The maximum Gasteiger partial charge on any atom is 0.308 e. The molecule has 3 nitrogen and oxygen atoms in total. The minimum absolute atomic E-state index is 0.599. The van der Waals surface area contributed by atoms with Crippen molar-refractivity contribution in [1.82, 2.24) is 10.3 Å². The first-order valence-electron chi connectivity index (χ1n) is 4.57. The number of allylic oxidation sites excluding steroid dienone is 2. The Morgan fingerprint density at radius 3 is 3.00 bits per heavy atom. The number of pyridine rings is 1. The van der Waals surface area contributed by atoms with Crippen molar-refractivity contribution < 1.29 is 9.13 Å². The molecule has 0 aliphatic carbocycles. The summed E-state index contributed by atoms with van der Waals surface area (Å²) in [4.78, 5) is 4.12. The van der Waals surface area contributed by atoms with Gasteiger partial charge in [-0.05, 0) is 18.2 Å². The summed E-state index contributed by atoms with van der Waals surface area (Å²) < 4.78 is 18.4. The fraction of sp³-hybridized carbons (Fsp3) is 0.182. The van der Waals surface area contributed by atoms with Gasteiger partial charge < -0.3 is 10.1 Å². The predicted octanol–water partition coefficient (Wildman–Crippen LogP) is 1.85. The lowest BCUT2D eigenvalue weighted by molar-refractivity contribution is -0.0939. The van der Waals surface area contributed by atoms with Gasteiger partial charge in [-0.2, -0.15) is 4.39 Å². The van der Waals surface area contributed by atoms with Crippen molar-refractivity contribution in [2.24, 2.45) is 0 Å². The molecule has 4 heteroatoms. The van der Waals surface area contributed by atoms with Gasteiger partial charge in [0, 0.05) is 19.4 Å². The molecule has 2 rings (SSSR count). The van der Waals surface area contributed by atoms with Gasteiger partial charge >= 0.3 is 5.98 Å². The Morgan fingerprint density at radius 2 is 2.33 bits per heavy atom. The van der Waals surface area contributed by atoms with Crippen LogP contribution < -0.4 is 5.32 Å². The van der Waals surface area contributed by atoms with Crippen LogP contribution in [-0.2, 0) is 4.74 Å². The molecule has 0 amide bonds. The van der Waals surface area contributed by atoms with E-state index in [0.29, 0.717) is 11.4 Å². The molecule has 1 N–H and O–H groups in total. The molecule has 1 aromatic rings. The number of hydrogen-bond acceptors (Lipinski definition) is 3. The van der Waals surface area contributed by atoms with Crippen molar-refractivity contribution in [2.45, 2.75) is 5.98 Å². The van der Waals surface area contributed by atoms with E-state index in [-0.39, 0.29) is 0 Å². The first-order chi connectivity index (χ1) is 7.23. The maximum atomic E-state index is 13.7. The maximum absolute atomic E-state index is 13.7. The van der Waals surface area contributed by atoms with Crippen LogP contribution >= 0.6 is 0 Å². The average molecular weight is 206 g/mol. The molecule has 0 spiro atoms. The van der Waals surface area contributed by atoms with Crippen LogP contribution in [0.1, 0.15) is 5.69 Å². The molecule has 0 fully saturated rings. The Hall–Kier alpha value is -1.68. The summed E-state index contributed by atoms with van der Waals surface area (Å²) in [7, 11) is 1.30. The number of ether oxygens (including phenoxy) is 1. The molecule has 1 unspecified atom stereocenters. The minimum atomic E-state index is -1.94. The number of hydrogen-bond donors (Lipinski definition) is 1. The number of alkyl halides is 1. The monoisotopic (exact) mass is 206 g/mol. The SMILES string of the molecule is COC1(F)C=CC=C(c2ccccn2)N1. The second kappa shape index (κ2) is 3.82. The number of nitrogens with one attached hydrogen (secondary N) is 1. The van der Waals surface area contributed by atoms with E-state index < -0.39 is 5.98 Å². The number of rotatable bonds is 2. The third-order valence-corrected chi connectivity index (χ3v) is 2.12. The first-order valence-corrected chi connectivity index (χ1v) is 4.57. The Balaban J connectivity index is 2.26. The van der Waals surface area contributed by atoms with E-state index in [2.05, 4.69) is 10.3 Å². The highest BCUT2D eigenvalue weighted by atomic mass is 19.2. The van der Waals surface area contributed by atoms with E-state index >= 15 is 0 Å². The zero-order chi connectivity index (χ0) is 10.7. The molecule has 1 aliphatic rings. The summed E-state index contributed by atoms with van der Waals surface area (Å²) in [6, 6.07) is 5.45. The van der Waals surface area contributed by atoms with E-state index in [1.807, 2.05) is 12.1 Å². The summed E-state index contributed by atoms with van der Waals surface area (Å²) >= 11 is 0. The topological polar surface area (TPSA) is 34.1 Å². The van der Waals surface area contributed by atoms with E-state index in [0.717, 1.165) is 0 Å². The molecule has 1 aromatic heterocycles. The fourth-order valence-corrected chi connectivity index (χ4v) is 1.33. The van der Waals surface area contributed by atoms with Crippen LogP contribution in [0.25, 0.3) is 5.70 Å². The summed E-state index contributed by atoms with van der Waals surface area (Å²) in [5.41, 5.74) is 1.28. The van der Waals surface area contributed by atoms with Crippen molar-refractivity contribution in [3.63, 3.8) is 0 Å². The lowest BCUT2D eigenvalue weighted by Gasteiger charge is -2.26. The van der Waals surface area contributed by atoms with Crippen molar-refractivity contribution >= 4 is 5.70 Å². The highest BCUT2D eigenvalue weighted by Gasteiger charge is 2.28. The second-order valence-corrected chi connectivity index (χ2v) is 3.13. The normalized spacial score (nSPS) is 24.5. The molecule has 0 radical (unpaired) electrons. The van der Waals surface area contributed by atoms with Gasteiger partial charge in [-0.15, -0.1) is 0 Å². The van der Waals surface area contributed by atoms with Crippen molar-refractivity contribution in [1.29, 1.82) is 0 Å². The number of dihydropyridines is 1. The fourth-order valence-electron chi connectivity index (χ4n) is 1.33. The molecule has 0 saturated heterocycles. The van der Waals surface area contributed by atoms with Crippen LogP contribution in [-0.4, -0.2) is 18.1 Å². The van der Waals surface area contributed by atoms with Crippen LogP contribution in [0, 0.1) is 0 Å². The molecular formula is C11H11FN2O. The Morgan fingerprint density at radius 1 is 1.47 bits per heavy atom. The molecule has 78 valence electrons. The molecule has 0 aromatic carbocycles. The summed E-state index contributed by atoms with van der Waals surface area (Å²) in [6.45, 7) is 0. The largest absolute Gasteiger partial charge is 0.329 e. The minimum Gasteiger partial charge on any atom is -0.329 e. The van der Waals surface area contributed by atoms with Gasteiger partial charge in [-0.3, -0.25) is 4.98 Å². The third-order valence-electron chi connectivity index (χ3n) is 2.12. The predicted molar refractivity (Wildman–Crippen MR) is 55.3 cm³/mol. The number of halogens is 1. The van der Waals surface area contributed by atoms with E-state index in [9.17, 15) is 4.39 Å². The summed E-state index contributed by atoms with van der Waals surface area (Å²) in [5, 5.41) is 2.62. The molecule has 2 heterocycles. The van der Waals surface area contributed by atoms with E-state index in [4.69, 9.17) is 4.74 Å². The lowest BCUT2D eigenvalue weighted by atomic mass is 10.2. The molecule has 15 heavy (non-hydrogen) atoms. The average Bonchev–Trinajstić information content (AvgIpc) is 2.30. The summed E-state index contributed by atoms with van der Waals surface area (Å²) in [5.74, 6) is -1.94. The molecule has 0 bridgehead atoms. The third kappa shape index (κ3) is 2.05. The number of methoxy groups -OCH3 is 1. The van der Waals surface area contributed by atoms with Crippen LogP contribution in [0.5, 0.6) is 0 Å². The summed E-state index contributed by atoms with van der Waals surface area (Å²) in [6.07, 6.45) is 6.31. The van der Waals surface area contributed by atoms with Gasteiger partial charge in [0.2, 0.25) is 0 Å². The molecular weight excluding hydrogens is 195 g/mol. The van der Waals surface area contributed by atoms with Crippen molar-refractivity contribution in [3.05, 3.63) is 48.3 Å². The van der Waals surface area contributed by atoms with E-state index in [1.54, 1.807) is 24.4 Å². The Labute approximate surface area is 87.3 Å². The van der Waals surface area contributed by atoms with Gasteiger partial charge in [0.05, 0.1) is 11.4 Å².